The first-order chi connectivity index (χ1) is 6.05. The van der Waals surface area contributed by atoms with Crippen molar-refractivity contribution >= 4 is 10.1 Å². The zero-order valence-corrected chi connectivity index (χ0v) is 9.01. The zero-order valence-electron chi connectivity index (χ0n) is 8.19. The molecule has 0 aromatic carbocycles. The Kier molecular flexibility index (Phi) is 3.70. The van der Waals surface area contributed by atoms with Gasteiger partial charge in [0.05, 0.1) is 5.75 Å². The summed E-state index contributed by atoms with van der Waals surface area (Å²) < 4.78 is 27.6. The van der Waals surface area contributed by atoms with Gasteiger partial charge in [-0.05, 0) is 26.3 Å². The third-order valence-electron chi connectivity index (χ3n) is 2.17. The molecule has 1 aliphatic heterocycles. The van der Waals surface area contributed by atoms with E-state index in [1.807, 2.05) is 18.9 Å². The summed E-state index contributed by atoms with van der Waals surface area (Å²) in [5.74, 6) is 0.122. The molecule has 1 fully saturated rings. The number of nitrogens with zero attached hydrogens (tertiary/aromatic N) is 1. The fraction of sp³-hybridized carbons (Fsp3) is 1.00. The Morgan fingerprint density at radius 2 is 2.23 bits per heavy atom. The van der Waals surface area contributed by atoms with Gasteiger partial charge in [-0.15, -0.1) is 0 Å². The van der Waals surface area contributed by atoms with Crippen LogP contribution in [0.1, 0.15) is 26.2 Å². The molecular formula is C8H17NO3S. The molecule has 78 valence electrons. The molecule has 0 aromatic rings. The van der Waals surface area contributed by atoms with E-state index in [2.05, 4.69) is 0 Å². The maximum absolute atomic E-state index is 11.3. The van der Waals surface area contributed by atoms with E-state index in [1.54, 1.807) is 0 Å². The average molecular weight is 207 g/mol. The molecule has 1 saturated heterocycles. The first kappa shape index (κ1) is 10.9. The average Bonchev–Trinajstić information content (AvgIpc) is 2.35. The molecule has 0 spiro atoms. The van der Waals surface area contributed by atoms with E-state index < -0.39 is 10.1 Å². The van der Waals surface area contributed by atoms with Crippen molar-refractivity contribution in [1.82, 2.24) is 4.90 Å². The van der Waals surface area contributed by atoms with Crippen LogP contribution in [0.3, 0.4) is 0 Å². The topological polar surface area (TPSA) is 46.6 Å². The van der Waals surface area contributed by atoms with Gasteiger partial charge in [-0.25, -0.2) is 0 Å². The third kappa shape index (κ3) is 3.25. The van der Waals surface area contributed by atoms with Crippen molar-refractivity contribution in [3.8, 4) is 0 Å². The van der Waals surface area contributed by atoms with Gasteiger partial charge in [0.2, 0.25) is 0 Å². The monoisotopic (exact) mass is 207 g/mol. The molecule has 0 saturated carbocycles. The highest BCUT2D eigenvalue weighted by molar-refractivity contribution is 7.86. The maximum Gasteiger partial charge on any atom is 0.268 e. The summed E-state index contributed by atoms with van der Waals surface area (Å²) in [6.07, 6.45) is 2.22. The summed E-state index contributed by atoms with van der Waals surface area (Å²) in [4.78, 5) is 1.94. The summed E-state index contributed by atoms with van der Waals surface area (Å²) in [6.45, 7) is 2.76. The Hall–Kier alpha value is -0.130. The van der Waals surface area contributed by atoms with Gasteiger partial charge in [0.25, 0.3) is 10.1 Å². The van der Waals surface area contributed by atoms with Gasteiger partial charge in [0, 0.05) is 6.54 Å². The Labute approximate surface area is 80.0 Å². The van der Waals surface area contributed by atoms with E-state index in [9.17, 15) is 8.42 Å². The quantitative estimate of drug-likeness (QED) is 0.640. The molecule has 0 N–H and O–H groups in total. The standard InChI is InChI=1S/C8H17NO3S/c1-3-7-13(10,11)12-8-5-4-6-9(8)2/h8H,3-7H2,1-2H3. The van der Waals surface area contributed by atoms with Crippen LogP contribution in [0, 0.1) is 0 Å². The molecule has 1 aliphatic rings. The molecule has 0 bridgehead atoms. The van der Waals surface area contributed by atoms with E-state index in [0.717, 1.165) is 19.4 Å². The Morgan fingerprint density at radius 1 is 1.54 bits per heavy atom. The van der Waals surface area contributed by atoms with Crippen molar-refractivity contribution < 1.29 is 12.6 Å². The second-order valence-corrected chi connectivity index (χ2v) is 5.15. The Balaban J connectivity index is 2.47. The van der Waals surface area contributed by atoms with Gasteiger partial charge in [-0.2, -0.15) is 8.42 Å². The molecule has 0 radical (unpaired) electrons. The smallest absolute Gasteiger partial charge is 0.268 e. The van der Waals surface area contributed by atoms with Crippen molar-refractivity contribution in [2.75, 3.05) is 19.3 Å². The molecule has 13 heavy (non-hydrogen) atoms. The summed E-state index contributed by atoms with van der Waals surface area (Å²) in [6, 6.07) is 0. The van der Waals surface area contributed by atoms with E-state index in [0.29, 0.717) is 6.42 Å². The molecule has 0 amide bonds. The van der Waals surface area contributed by atoms with Gasteiger partial charge in [0.15, 0.2) is 0 Å². The lowest BCUT2D eigenvalue weighted by Gasteiger charge is -2.18. The molecule has 1 rings (SSSR count). The van der Waals surface area contributed by atoms with Crippen LogP contribution in [0.15, 0.2) is 0 Å². The predicted octanol–water partition coefficient (Wildman–Crippen LogP) is 0.794. The van der Waals surface area contributed by atoms with E-state index in [1.165, 1.54) is 0 Å². The van der Waals surface area contributed by atoms with E-state index in [-0.39, 0.29) is 12.0 Å². The van der Waals surface area contributed by atoms with E-state index >= 15 is 0 Å². The van der Waals surface area contributed by atoms with Crippen molar-refractivity contribution in [3.05, 3.63) is 0 Å². The third-order valence-corrected chi connectivity index (χ3v) is 3.59. The van der Waals surface area contributed by atoms with Crippen LogP contribution in [-0.4, -0.2) is 38.9 Å². The van der Waals surface area contributed by atoms with Gasteiger partial charge < -0.3 is 0 Å². The molecule has 4 nitrogen and oxygen atoms in total. The Bertz CT molecular complexity index is 250. The largest absolute Gasteiger partial charge is 0.280 e. The summed E-state index contributed by atoms with van der Waals surface area (Å²) in [5.41, 5.74) is 0. The number of hydrogen-bond donors (Lipinski definition) is 0. The highest BCUT2D eigenvalue weighted by Gasteiger charge is 2.26. The summed E-state index contributed by atoms with van der Waals surface area (Å²) >= 11 is 0. The van der Waals surface area contributed by atoms with Gasteiger partial charge in [0.1, 0.15) is 6.23 Å². The van der Waals surface area contributed by atoms with Crippen LogP contribution >= 0.6 is 0 Å². The van der Waals surface area contributed by atoms with Crippen molar-refractivity contribution in [2.45, 2.75) is 32.4 Å². The van der Waals surface area contributed by atoms with Crippen LogP contribution in [0.2, 0.25) is 0 Å². The van der Waals surface area contributed by atoms with Crippen LogP contribution in [0.25, 0.3) is 0 Å². The minimum absolute atomic E-state index is 0.122. The first-order valence-corrected chi connectivity index (χ1v) is 6.24. The second kappa shape index (κ2) is 4.39. The van der Waals surface area contributed by atoms with Crippen molar-refractivity contribution in [1.29, 1.82) is 0 Å². The molecule has 5 heteroatoms. The summed E-state index contributed by atoms with van der Waals surface area (Å²) in [5, 5.41) is 0. The minimum atomic E-state index is -3.29. The Morgan fingerprint density at radius 3 is 2.69 bits per heavy atom. The maximum atomic E-state index is 11.3. The fourth-order valence-corrected chi connectivity index (χ4v) is 2.65. The highest BCUT2D eigenvalue weighted by Crippen LogP contribution is 2.18. The number of likely N-dealkylation sites (tertiary alicyclic amines) is 1. The summed E-state index contributed by atoms with van der Waals surface area (Å²) in [7, 11) is -1.40. The van der Waals surface area contributed by atoms with Gasteiger partial charge in [-0.3, -0.25) is 9.08 Å². The molecule has 0 aromatic heterocycles. The number of hydrogen-bond acceptors (Lipinski definition) is 4. The zero-order chi connectivity index (χ0) is 9.90. The molecule has 1 atom stereocenters. The molecule has 0 aliphatic carbocycles. The highest BCUT2D eigenvalue weighted by atomic mass is 32.2. The van der Waals surface area contributed by atoms with Gasteiger partial charge >= 0.3 is 0 Å². The van der Waals surface area contributed by atoms with Crippen molar-refractivity contribution in [3.63, 3.8) is 0 Å². The SMILES string of the molecule is CCCS(=O)(=O)OC1CCCN1C. The van der Waals surface area contributed by atoms with Crippen LogP contribution < -0.4 is 0 Å². The molecule has 1 unspecified atom stereocenters. The number of rotatable bonds is 4. The lowest BCUT2D eigenvalue weighted by Crippen LogP contribution is -2.30. The van der Waals surface area contributed by atoms with Crippen LogP contribution in [-0.2, 0) is 14.3 Å². The normalized spacial score (nSPS) is 25.2. The fourth-order valence-electron chi connectivity index (χ4n) is 1.47. The molecule has 1 heterocycles. The van der Waals surface area contributed by atoms with Crippen LogP contribution in [0.5, 0.6) is 0 Å². The van der Waals surface area contributed by atoms with Crippen molar-refractivity contribution in [2.24, 2.45) is 0 Å². The lowest BCUT2D eigenvalue weighted by atomic mass is 10.4. The van der Waals surface area contributed by atoms with Gasteiger partial charge in [-0.1, -0.05) is 6.92 Å². The first-order valence-electron chi connectivity index (χ1n) is 4.66. The van der Waals surface area contributed by atoms with E-state index in [4.69, 9.17) is 4.18 Å². The minimum Gasteiger partial charge on any atom is -0.280 e. The lowest BCUT2D eigenvalue weighted by molar-refractivity contribution is 0.0879. The van der Waals surface area contributed by atoms with Crippen LogP contribution in [0.4, 0.5) is 0 Å². The second-order valence-electron chi connectivity index (χ2n) is 3.44. The molecular weight excluding hydrogens is 190 g/mol. The predicted molar refractivity (Wildman–Crippen MR) is 50.8 cm³/mol.